The zero-order valence-electron chi connectivity index (χ0n) is 18.2. The van der Waals surface area contributed by atoms with E-state index in [2.05, 4.69) is 25.1 Å². The molecule has 4 nitrogen and oxygen atoms in total. The second-order valence-corrected chi connectivity index (χ2v) is 7.07. The number of ether oxygens (including phenoxy) is 4. The van der Waals surface area contributed by atoms with Gasteiger partial charge in [-0.3, -0.25) is 0 Å². The van der Waals surface area contributed by atoms with Gasteiger partial charge in [-0.05, 0) is 72.9 Å². The lowest BCUT2D eigenvalue weighted by Crippen LogP contribution is -1.96. The Kier molecular flexibility index (Phi) is 6.02. The Morgan fingerprint density at radius 2 is 0.931 bits per heavy atom. The Hall–Kier alpha value is -3.14. The van der Waals surface area contributed by atoms with Crippen LogP contribution in [0.1, 0.15) is 16.7 Å². The number of methoxy groups -OCH3 is 4. The van der Waals surface area contributed by atoms with E-state index in [1.807, 2.05) is 38.1 Å². The van der Waals surface area contributed by atoms with Gasteiger partial charge in [0.05, 0.1) is 28.4 Å². The lowest BCUT2D eigenvalue weighted by Gasteiger charge is -2.17. The van der Waals surface area contributed by atoms with Crippen molar-refractivity contribution in [2.45, 2.75) is 20.8 Å². The van der Waals surface area contributed by atoms with E-state index < -0.39 is 0 Å². The van der Waals surface area contributed by atoms with E-state index in [0.29, 0.717) is 0 Å². The summed E-state index contributed by atoms with van der Waals surface area (Å²) in [5.41, 5.74) is 7.39. The summed E-state index contributed by atoms with van der Waals surface area (Å²) in [4.78, 5) is 0. The van der Waals surface area contributed by atoms with Crippen molar-refractivity contribution in [1.82, 2.24) is 0 Å². The van der Waals surface area contributed by atoms with Crippen LogP contribution in [0.15, 0.2) is 42.5 Å². The van der Waals surface area contributed by atoms with E-state index in [0.717, 1.165) is 61.9 Å². The molecule has 0 heterocycles. The molecule has 0 saturated heterocycles. The van der Waals surface area contributed by atoms with Crippen LogP contribution in [0.4, 0.5) is 0 Å². The largest absolute Gasteiger partial charge is 0.496 e. The molecule has 0 atom stereocenters. The van der Waals surface area contributed by atoms with Crippen molar-refractivity contribution in [3.63, 3.8) is 0 Å². The number of aryl methyl sites for hydroxylation is 3. The first-order valence-electron chi connectivity index (χ1n) is 9.50. The molecule has 0 spiro atoms. The van der Waals surface area contributed by atoms with E-state index in [4.69, 9.17) is 18.9 Å². The summed E-state index contributed by atoms with van der Waals surface area (Å²) in [7, 11) is 6.75. The van der Waals surface area contributed by atoms with Crippen molar-refractivity contribution in [3.8, 4) is 45.3 Å². The fourth-order valence-electron chi connectivity index (χ4n) is 3.67. The summed E-state index contributed by atoms with van der Waals surface area (Å²) in [6, 6.07) is 14.4. The average molecular weight is 392 g/mol. The van der Waals surface area contributed by atoms with Gasteiger partial charge in [-0.1, -0.05) is 18.2 Å². The van der Waals surface area contributed by atoms with Crippen LogP contribution in [0, 0.1) is 20.8 Å². The monoisotopic (exact) mass is 392 g/mol. The van der Waals surface area contributed by atoms with Gasteiger partial charge in [0.25, 0.3) is 0 Å². The summed E-state index contributed by atoms with van der Waals surface area (Å²) >= 11 is 0. The Labute approximate surface area is 173 Å². The maximum atomic E-state index is 5.64. The van der Waals surface area contributed by atoms with Crippen LogP contribution in [-0.4, -0.2) is 28.4 Å². The van der Waals surface area contributed by atoms with Crippen molar-refractivity contribution in [2.75, 3.05) is 28.4 Å². The first-order valence-corrected chi connectivity index (χ1v) is 9.50. The first-order chi connectivity index (χ1) is 13.9. The molecule has 152 valence electrons. The molecule has 0 bridgehead atoms. The maximum absolute atomic E-state index is 5.64. The molecule has 0 N–H and O–H groups in total. The molecule has 0 aliphatic rings. The highest BCUT2D eigenvalue weighted by Crippen LogP contribution is 2.41. The van der Waals surface area contributed by atoms with Crippen molar-refractivity contribution in [3.05, 3.63) is 59.2 Å². The number of rotatable bonds is 6. The van der Waals surface area contributed by atoms with Crippen molar-refractivity contribution < 1.29 is 18.9 Å². The predicted molar refractivity (Wildman–Crippen MR) is 118 cm³/mol. The zero-order valence-corrected chi connectivity index (χ0v) is 18.2. The van der Waals surface area contributed by atoms with Gasteiger partial charge in [0.15, 0.2) is 0 Å². The third kappa shape index (κ3) is 3.88. The van der Waals surface area contributed by atoms with Crippen molar-refractivity contribution >= 4 is 0 Å². The van der Waals surface area contributed by atoms with Crippen molar-refractivity contribution in [2.24, 2.45) is 0 Å². The Morgan fingerprint density at radius 1 is 0.448 bits per heavy atom. The topological polar surface area (TPSA) is 36.9 Å². The van der Waals surface area contributed by atoms with Gasteiger partial charge in [-0.15, -0.1) is 0 Å². The molecular weight excluding hydrogens is 364 g/mol. The number of hydrogen-bond acceptors (Lipinski definition) is 4. The Bertz CT molecular complexity index is 1040. The van der Waals surface area contributed by atoms with Crippen LogP contribution in [0.3, 0.4) is 0 Å². The molecule has 0 radical (unpaired) electrons. The SMILES string of the molecule is COc1cc(-c2ccc(-c3cc(OC)c(C)cc3OC)c(C)c2)c(OC)cc1C. The van der Waals surface area contributed by atoms with E-state index in [-0.39, 0.29) is 0 Å². The Balaban J connectivity index is 2.14. The number of hydrogen-bond donors (Lipinski definition) is 0. The number of benzene rings is 3. The lowest BCUT2D eigenvalue weighted by molar-refractivity contribution is 0.401. The first kappa shape index (κ1) is 20.6. The summed E-state index contributed by atoms with van der Waals surface area (Å²) in [6.07, 6.45) is 0. The zero-order chi connectivity index (χ0) is 21.1. The molecule has 3 rings (SSSR count). The highest BCUT2D eigenvalue weighted by Gasteiger charge is 2.15. The maximum Gasteiger partial charge on any atom is 0.127 e. The summed E-state index contributed by atoms with van der Waals surface area (Å²) < 4.78 is 22.3. The summed E-state index contributed by atoms with van der Waals surface area (Å²) in [5.74, 6) is 3.33. The lowest BCUT2D eigenvalue weighted by atomic mass is 9.93. The third-order valence-corrected chi connectivity index (χ3v) is 5.26. The van der Waals surface area contributed by atoms with Gasteiger partial charge < -0.3 is 18.9 Å². The van der Waals surface area contributed by atoms with E-state index in [1.165, 1.54) is 0 Å². The van der Waals surface area contributed by atoms with Crippen LogP contribution in [0.5, 0.6) is 23.0 Å². The van der Waals surface area contributed by atoms with E-state index in [1.54, 1.807) is 28.4 Å². The molecule has 29 heavy (non-hydrogen) atoms. The molecule has 0 fully saturated rings. The van der Waals surface area contributed by atoms with Crippen LogP contribution in [0.25, 0.3) is 22.3 Å². The fourth-order valence-corrected chi connectivity index (χ4v) is 3.67. The summed E-state index contributed by atoms with van der Waals surface area (Å²) in [5, 5.41) is 0. The smallest absolute Gasteiger partial charge is 0.127 e. The normalized spacial score (nSPS) is 10.6. The molecule has 0 aromatic heterocycles. The molecule has 0 aliphatic carbocycles. The molecule has 0 unspecified atom stereocenters. The molecule has 0 saturated carbocycles. The molecule has 0 aliphatic heterocycles. The predicted octanol–water partition coefficient (Wildman–Crippen LogP) is 5.98. The molecule has 0 amide bonds. The summed E-state index contributed by atoms with van der Waals surface area (Å²) in [6.45, 7) is 6.12. The van der Waals surface area contributed by atoms with Crippen LogP contribution in [0.2, 0.25) is 0 Å². The minimum atomic E-state index is 0.824. The quantitative estimate of drug-likeness (QED) is 0.517. The second-order valence-electron chi connectivity index (χ2n) is 7.07. The van der Waals surface area contributed by atoms with Crippen molar-refractivity contribution in [1.29, 1.82) is 0 Å². The standard InChI is InChI=1S/C25H28O4/c1-15-10-18(20-13-22(26-4)16(2)11-24(20)28-6)8-9-19(15)21-14-23(27-5)17(3)12-25(21)29-7/h8-14H,1-7H3. The van der Waals surface area contributed by atoms with Gasteiger partial charge >= 0.3 is 0 Å². The van der Waals surface area contributed by atoms with Gasteiger partial charge in [0.1, 0.15) is 23.0 Å². The van der Waals surface area contributed by atoms with Gasteiger partial charge in [-0.25, -0.2) is 0 Å². The van der Waals surface area contributed by atoms with Crippen LogP contribution >= 0.6 is 0 Å². The minimum absolute atomic E-state index is 0.824. The van der Waals surface area contributed by atoms with Gasteiger partial charge in [0.2, 0.25) is 0 Å². The van der Waals surface area contributed by atoms with Crippen LogP contribution in [-0.2, 0) is 0 Å². The van der Waals surface area contributed by atoms with Gasteiger partial charge in [0, 0.05) is 11.1 Å². The van der Waals surface area contributed by atoms with Gasteiger partial charge in [-0.2, -0.15) is 0 Å². The average Bonchev–Trinajstić information content (AvgIpc) is 2.73. The third-order valence-electron chi connectivity index (χ3n) is 5.26. The highest BCUT2D eigenvalue weighted by atomic mass is 16.5. The molecule has 4 heteroatoms. The van der Waals surface area contributed by atoms with E-state index in [9.17, 15) is 0 Å². The van der Waals surface area contributed by atoms with E-state index >= 15 is 0 Å². The second kappa shape index (κ2) is 8.48. The fraction of sp³-hybridized carbons (Fsp3) is 0.280. The van der Waals surface area contributed by atoms with Crippen LogP contribution < -0.4 is 18.9 Å². The molecular formula is C25H28O4. The molecule has 3 aromatic rings. The molecule has 3 aromatic carbocycles. The Morgan fingerprint density at radius 3 is 1.41 bits per heavy atom. The minimum Gasteiger partial charge on any atom is -0.496 e. The highest BCUT2D eigenvalue weighted by molar-refractivity contribution is 5.80.